The van der Waals surface area contributed by atoms with Gasteiger partial charge >= 0.3 is 6.03 Å². The van der Waals surface area contributed by atoms with E-state index in [1.807, 2.05) is 47.4 Å². The number of benzene rings is 2. The van der Waals surface area contributed by atoms with E-state index in [2.05, 4.69) is 21.6 Å². The summed E-state index contributed by atoms with van der Waals surface area (Å²) in [6, 6.07) is 15.4. The van der Waals surface area contributed by atoms with E-state index < -0.39 is 0 Å². The highest BCUT2D eigenvalue weighted by atomic mass is 16.5. The van der Waals surface area contributed by atoms with Crippen LogP contribution in [-0.4, -0.2) is 56.7 Å². The van der Waals surface area contributed by atoms with Gasteiger partial charge in [-0.1, -0.05) is 18.2 Å². The molecule has 1 unspecified atom stereocenters. The van der Waals surface area contributed by atoms with E-state index >= 15 is 0 Å². The van der Waals surface area contributed by atoms with Gasteiger partial charge in [0.2, 0.25) is 0 Å². The average Bonchev–Trinajstić information content (AvgIpc) is 3.54. The Morgan fingerprint density at radius 3 is 2.66 bits per heavy atom. The van der Waals surface area contributed by atoms with E-state index in [1.54, 1.807) is 7.11 Å². The maximum atomic E-state index is 12.6. The zero-order valence-corrected chi connectivity index (χ0v) is 18.7. The Kier molecular flexibility index (Phi) is 7.14. The normalized spacial score (nSPS) is 18.0. The van der Waals surface area contributed by atoms with E-state index in [-0.39, 0.29) is 11.9 Å². The predicted molar refractivity (Wildman–Crippen MR) is 125 cm³/mol. The zero-order valence-electron chi connectivity index (χ0n) is 18.7. The minimum Gasteiger partial charge on any atom is -0.497 e. The maximum Gasteiger partial charge on any atom is 0.315 e. The van der Waals surface area contributed by atoms with Crippen molar-refractivity contribution in [3.05, 3.63) is 59.7 Å². The van der Waals surface area contributed by atoms with Crippen molar-refractivity contribution in [1.82, 2.24) is 15.5 Å². The Morgan fingerprint density at radius 2 is 1.84 bits per heavy atom. The lowest BCUT2D eigenvalue weighted by molar-refractivity contribution is 0.0792. The summed E-state index contributed by atoms with van der Waals surface area (Å²) in [6.07, 6.45) is 3.19. The fraction of sp³-hybridized carbons (Fsp3) is 0.440. The van der Waals surface area contributed by atoms with Crippen LogP contribution in [0.2, 0.25) is 0 Å². The van der Waals surface area contributed by atoms with Gasteiger partial charge in [0.1, 0.15) is 5.75 Å². The average molecular weight is 437 g/mol. The molecule has 2 saturated heterocycles. The minimum absolute atomic E-state index is 0.0793. The summed E-state index contributed by atoms with van der Waals surface area (Å²) >= 11 is 0. The van der Waals surface area contributed by atoms with Gasteiger partial charge in [-0.15, -0.1) is 0 Å². The number of hydrogen-bond acceptors (Lipinski definition) is 4. The molecule has 2 aromatic rings. The third-order valence-corrected chi connectivity index (χ3v) is 6.28. The first kappa shape index (κ1) is 22.0. The molecule has 0 aromatic heterocycles. The number of anilines is 1. The molecule has 2 aromatic carbocycles. The second-order valence-corrected chi connectivity index (χ2v) is 8.57. The topological polar surface area (TPSA) is 73.9 Å². The number of likely N-dealkylation sites (tertiary alicyclic amines) is 1. The first-order valence-corrected chi connectivity index (χ1v) is 11.4. The molecule has 7 heteroatoms. The van der Waals surface area contributed by atoms with Gasteiger partial charge in [-0.05, 0) is 55.0 Å². The van der Waals surface area contributed by atoms with Crippen molar-refractivity contribution in [2.45, 2.75) is 25.8 Å². The van der Waals surface area contributed by atoms with Crippen molar-refractivity contribution in [3.63, 3.8) is 0 Å². The number of ether oxygens (including phenoxy) is 1. The number of hydrogen-bond donors (Lipinski definition) is 2. The van der Waals surface area contributed by atoms with Gasteiger partial charge in [-0.25, -0.2) is 4.79 Å². The summed E-state index contributed by atoms with van der Waals surface area (Å²) in [4.78, 5) is 29.1. The van der Waals surface area contributed by atoms with Crippen LogP contribution in [0, 0.1) is 5.92 Å². The minimum atomic E-state index is -0.180. The van der Waals surface area contributed by atoms with Crippen molar-refractivity contribution < 1.29 is 14.3 Å². The van der Waals surface area contributed by atoms with E-state index in [1.165, 1.54) is 0 Å². The fourth-order valence-electron chi connectivity index (χ4n) is 4.44. The molecule has 0 saturated carbocycles. The summed E-state index contributed by atoms with van der Waals surface area (Å²) in [5.74, 6) is 1.35. The SMILES string of the molecule is COc1cccc(N2CCC(CNC(=O)NCc3cccc(C(=O)N4CCCC4)c3)C2)c1. The highest BCUT2D eigenvalue weighted by Crippen LogP contribution is 2.26. The summed E-state index contributed by atoms with van der Waals surface area (Å²) < 4.78 is 5.32. The van der Waals surface area contributed by atoms with Crippen molar-refractivity contribution in [3.8, 4) is 5.75 Å². The molecule has 2 aliphatic heterocycles. The second kappa shape index (κ2) is 10.4. The summed E-state index contributed by atoms with van der Waals surface area (Å²) in [6.45, 7) is 4.58. The Morgan fingerprint density at radius 1 is 1.03 bits per heavy atom. The monoisotopic (exact) mass is 436 g/mol. The first-order valence-electron chi connectivity index (χ1n) is 11.4. The smallest absolute Gasteiger partial charge is 0.315 e. The number of nitrogens with one attached hydrogen (secondary N) is 2. The number of amides is 3. The number of urea groups is 1. The number of carbonyl (C=O) groups is 2. The third-order valence-electron chi connectivity index (χ3n) is 6.28. The van der Waals surface area contributed by atoms with Crippen molar-refractivity contribution in [2.75, 3.05) is 44.7 Å². The summed E-state index contributed by atoms with van der Waals surface area (Å²) in [7, 11) is 1.68. The van der Waals surface area contributed by atoms with Gasteiger partial charge in [-0.3, -0.25) is 4.79 Å². The van der Waals surface area contributed by atoms with Crippen LogP contribution >= 0.6 is 0 Å². The lowest BCUT2D eigenvalue weighted by Gasteiger charge is -2.19. The fourth-order valence-corrected chi connectivity index (χ4v) is 4.44. The van der Waals surface area contributed by atoms with Crippen molar-refractivity contribution in [1.29, 1.82) is 0 Å². The van der Waals surface area contributed by atoms with Crippen LogP contribution in [0.5, 0.6) is 5.75 Å². The Hall–Kier alpha value is -3.22. The molecule has 7 nitrogen and oxygen atoms in total. The second-order valence-electron chi connectivity index (χ2n) is 8.57. The third kappa shape index (κ3) is 5.52. The summed E-state index contributed by atoms with van der Waals surface area (Å²) in [5, 5.41) is 5.91. The molecule has 0 bridgehead atoms. The van der Waals surface area contributed by atoms with Crippen LogP contribution in [0.25, 0.3) is 0 Å². The number of carbonyl (C=O) groups excluding carboxylic acids is 2. The molecule has 0 aliphatic carbocycles. The van der Waals surface area contributed by atoms with Crippen molar-refractivity contribution >= 4 is 17.6 Å². The predicted octanol–water partition coefficient (Wildman–Crippen LogP) is 3.26. The van der Waals surface area contributed by atoms with Gasteiger partial charge in [0, 0.05) is 56.6 Å². The van der Waals surface area contributed by atoms with E-state index in [9.17, 15) is 9.59 Å². The molecule has 32 heavy (non-hydrogen) atoms. The molecule has 2 N–H and O–H groups in total. The Balaban J connectivity index is 1.21. The van der Waals surface area contributed by atoms with E-state index in [0.717, 1.165) is 62.4 Å². The van der Waals surface area contributed by atoms with Crippen LogP contribution in [0.1, 0.15) is 35.2 Å². The number of rotatable bonds is 7. The van der Waals surface area contributed by atoms with Gasteiger partial charge in [0.15, 0.2) is 0 Å². The van der Waals surface area contributed by atoms with Crippen LogP contribution < -0.4 is 20.3 Å². The number of nitrogens with zero attached hydrogens (tertiary/aromatic N) is 2. The molecule has 4 rings (SSSR count). The number of methoxy groups -OCH3 is 1. The molecule has 0 radical (unpaired) electrons. The molecule has 3 amide bonds. The van der Waals surface area contributed by atoms with Crippen LogP contribution in [-0.2, 0) is 6.54 Å². The molecular weight excluding hydrogens is 404 g/mol. The quantitative estimate of drug-likeness (QED) is 0.699. The molecule has 1 atom stereocenters. The van der Waals surface area contributed by atoms with Crippen LogP contribution in [0.3, 0.4) is 0 Å². The highest BCUT2D eigenvalue weighted by molar-refractivity contribution is 5.94. The van der Waals surface area contributed by atoms with Crippen LogP contribution in [0.15, 0.2) is 48.5 Å². The molecule has 2 aliphatic rings. The van der Waals surface area contributed by atoms with Crippen LogP contribution in [0.4, 0.5) is 10.5 Å². The van der Waals surface area contributed by atoms with E-state index in [0.29, 0.717) is 24.6 Å². The molecular formula is C25H32N4O3. The molecule has 2 heterocycles. The van der Waals surface area contributed by atoms with Gasteiger partial charge in [0.05, 0.1) is 7.11 Å². The van der Waals surface area contributed by atoms with E-state index in [4.69, 9.17) is 4.74 Å². The first-order chi connectivity index (χ1) is 15.6. The standard InChI is InChI=1S/C25H32N4O3/c1-32-23-9-5-8-22(15-23)29-13-10-20(18-29)17-27-25(31)26-16-19-6-4-7-21(14-19)24(30)28-11-2-3-12-28/h4-9,14-15,20H,2-3,10-13,16-18H2,1H3,(H2,26,27,31). The molecule has 0 spiro atoms. The zero-order chi connectivity index (χ0) is 22.3. The molecule has 2 fully saturated rings. The summed E-state index contributed by atoms with van der Waals surface area (Å²) in [5.41, 5.74) is 2.77. The van der Waals surface area contributed by atoms with Gasteiger partial charge < -0.3 is 25.2 Å². The largest absolute Gasteiger partial charge is 0.497 e. The Bertz CT molecular complexity index is 942. The Labute approximate surface area is 189 Å². The highest BCUT2D eigenvalue weighted by Gasteiger charge is 2.23. The molecule has 170 valence electrons. The van der Waals surface area contributed by atoms with Gasteiger partial charge in [0.25, 0.3) is 5.91 Å². The maximum absolute atomic E-state index is 12.6. The lowest BCUT2D eigenvalue weighted by Crippen LogP contribution is -2.38. The van der Waals surface area contributed by atoms with Gasteiger partial charge in [-0.2, -0.15) is 0 Å². The van der Waals surface area contributed by atoms with Crippen molar-refractivity contribution in [2.24, 2.45) is 5.92 Å². The lowest BCUT2D eigenvalue weighted by atomic mass is 10.1.